The highest BCUT2D eigenvalue weighted by Crippen LogP contribution is 2.39. The van der Waals surface area contributed by atoms with Crippen LogP contribution in [0.15, 0.2) is 34.5 Å². The third kappa shape index (κ3) is 2.99. The average Bonchev–Trinajstić information content (AvgIpc) is 2.80. The van der Waals surface area contributed by atoms with Crippen molar-refractivity contribution >= 4 is 26.9 Å². The normalized spacial score (nSPS) is 13.6. The number of rotatable bonds is 4. The number of aryl methyl sites for hydroxylation is 1. The number of thiophene rings is 1. The SMILES string of the molecule is Cc1ccc(S(=O)(=O)C(C)c2csc(C(C)C)c2N)cc1. The van der Waals surface area contributed by atoms with Gasteiger partial charge in [-0.1, -0.05) is 31.5 Å². The molecule has 0 aliphatic carbocycles. The van der Waals surface area contributed by atoms with E-state index >= 15 is 0 Å². The number of hydrogen-bond donors (Lipinski definition) is 1. The largest absolute Gasteiger partial charge is 0.398 e. The van der Waals surface area contributed by atoms with Gasteiger partial charge in [-0.3, -0.25) is 0 Å². The minimum atomic E-state index is -3.42. The summed E-state index contributed by atoms with van der Waals surface area (Å²) in [5.41, 5.74) is 8.53. The molecular formula is C16H21NO2S2. The van der Waals surface area contributed by atoms with Crippen LogP contribution >= 0.6 is 11.3 Å². The van der Waals surface area contributed by atoms with E-state index in [1.54, 1.807) is 19.1 Å². The van der Waals surface area contributed by atoms with Crippen molar-refractivity contribution in [2.24, 2.45) is 0 Å². The summed E-state index contributed by atoms with van der Waals surface area (Å²) in [5.74, 6) is 0.304. The van der Waals surface area contributed by atoms with Crippen LogP contribution in [0.5, 0.6) is 0 Å². The van der Waals surface area contributed by atoms with Gasteiger partial charge in [0.25, 0.3) is 0 Å². The maximum atomic E-state index is 12.7. The molecule has 0 aliphatic heterocycles. The Kier molecular flexibility index (Phi) is 4.44. The number of nitrogen functional groups attached to an aromatic ring is 1. The van der Waals surface area contributed by atoms with Crippen molar-refractivity contribution in [1.29, 1.82) is 0 Å². The average molecular weight is 323 g/mol. The van der Waals surface area contributed by atoms with E-state index < -0.39 is 15.1 Å². The monoisotopic (exact) mass is 323 g/mol. The van der Waals surface area contributed by atoms with Crippen LogP contribution in [0.2, 0.25) is 0 Å². The van der Waals surface area contributed by atoms with E-state index in [1.165, 1.54) is 11.3 Å². The predicted molar refractivity (Wildman–Crippen MR) is 89.6 cm³/mol. The zero-order chi connectivity index (χ0) is 15.8. The first-order valence-electron chi connectivity index (χ1n) is 6.92. The maximum absolute atomic E-state index is 12.7. The second-order valence-corrected chi connectivity index (χ2v) is 8.80. The van der Waals surface area contributed by atoms with Gasteiger partial charge in [0, 0.05) is 10.4 Å². The molecule has 2 rings (SSSR count). The summed E-state index contributed by atoms with van der Waals surface area (Å²) in [6, 6.07) is 6.95. The summed E-state index contributed by atoms with van der Waals surface area (Å²) in [7, 11) is -3.42. The molecule has 21 heavy (non-hydrogen) atoms. The maximum Gasteiger partial charge on any atom is 0.185 e. The lowest BCUT2D eigenvalue weighted by Crippen LogP contribution is -2.12. The molecule has 0 bridgehead atoms. The Morgan fingerprint density at radius 2 is 1.67 bits per heavy atom. The number of anilines is 1. The van der Waals surface area contributed by atoms with Crippen molar-refractivity contribution in [2.45, 2.75) is 43.8 Å². The summed E-state index contributed by atoms with van der Waals surface area (Å²) in [6.07, 6.45) is 0. The number of hydrogen-bond acceptors (Lipinski definition) is 4. The van der Waals surface area contributed by atoms with Gasteiger partial charge in [0.15, 0.2) is 9.84 Å². The van der Waals surface area contributed by atoms with E-state index in [4.69, 9.17) is 5.73 Å². The van der Waals surface area contributed by atoms with Crippen molar-refractivity contribution in [3.05, 3.63) is 45.6 Å². The molecule has 2 aromatic rings. The van der Waals surface area contributed by atoms with Crippen molar-refractivity contribution in [3.8, 4) is 0 Å². The minimum Gasteiger partial charge on any atom is -0.398 e. The Morgan fingerprint density at radius 3 is 2.14 bits per heavy atom. The van der Waals surface area contributed by atoms with E-state index in [0.717, 1.165) is 10.4 Å². The van der Waals surface area contributed by atoms with Crippen LogP contribution in [0.3, 0.4) is 0 Å². The van der Waals surface area contributed by atoms with Crippen LogP contribution in [-0.4, -0.2) is 8.42 Å². The smallest absolute Gasteiger partial charge is 0.185 e. The van der Waals surface area contributed by atoms with E-state index in [2.05, 4.69) is 13.8 Å². The predicted octanol–water partition coefficient (Wildman–Crippen LogP) is 4.30. The van der Waals surface area contributed by atoms with Crippen LogP contribution in [0.1, 0.15) is 47.9 Å². The quantitative estimate of drug-likeness (QED) is 0.912. The van der Waals surface area contributed by atoms with Gasteiger partial charge < -0.3 is 5.73 Å². The van der Waals surface area contributed by atoms with Crippen LogP contribution in [0.25, 0.3) is 0 Å². The first-order valence-corrected chi connectivity index (χ1v) is 9.35. The third-order valence-electron chi connectivity index (χ3n) is 3.67. The van der Waals surface area contributed by atoms with Crippen molar-refractivity contribution in [3.63, 3.8) is 0 Å². The highest BCUT2D eigenvalue weighted by molar-refractivity contribution is 7.91. The fourth-order valence-electron chi connectivity index (χ4n) is 2.26. The Bertz CT molecular complexity index is 728. The van der Waals surface area contributed by atoms with Crippen molar-refractivity contribution < 1.29 is 8.42 Å². The Labute approximate surface area is 130 Å². The fourth-order valence-corrected chi connectivity index (χ4v) is 4.90. The molecule has 1 aromatic carbocycles. The van der Waals surface area contributed by atoms with Gasteiger partial charge in [0.1, 0.15) is 0 Å². The van der Waals surface area contributed by atoms with Gasteiger partial charge in [-0.05, 0) is 37.3 Å². The molecule has 0 fully saturated rings. The fraction of sp³-hybridized carbons (Fsp3) is 0.375. The summed E-state index contributed by atoms with van der Waals surface area (Å²) >= 11 is 1.54. The third-order valence-corrected chi connectivity index (χ3v) is 7.10. The zero-order valence-corrected chi connectivity index (χ0v) is 14.4. The summed E-state index contributed by atoms with van der Waals surface area (Å²) in [4.78, 5) is 1.40. The Balaban J connectivity index is 2.43. The van der Waals surface area contributed by atoms with Crippen molar-refractivity contribution in [2.75, 3.05) is 5.73 Å². The molecule has 0 amide bonds. The van der Waals surface area contributed by atoms with Crippen molar-refractivity contribution in [1.82, 2.24) is 0 Å². The molecule has 2 N–H and O–H groups in total. The second-order valence-electron chi connectivity index (χ2n) is 5.62. The molecule has 5 heteroatoms. The lowest BCUT2D eigenvalue weighted by Gasteiger charge is -2.14. The van der Waals surface area contributed by atoms with Crippen LogP contribution in [0, 0.1) is 6.92 Å². The topological polar surface area (TPSA) is 60.2 Å². The van der Waals surface area contributed by atoms with Gasteiger partial charge in [0.2, 0.25) is 0 Å². The first-order chi connectivity index (χ1) is 9.75. The summed E-state index contributed by atoms with van der Waals surface area (Å²) in [6.45, 7) is 7.76. The Hall–Kier alpha value is -1.33. The van der Waals surface area contributed by atoms with E-state index in [1.807, 2.05) is 24.4 Å². The molecule has 114 valence electrons. The molecular weight excluding hydrogens is 302 g/mol. The molecule has 1 unspecified atom stereocenters. The molecule has 1 atom stereocenters. The van der Waals surface area contributed by atoms with Gasteiger partial charge in [0.05, 0.1) is 15.8 Å². The lowest BCUT2D eigenvalue weighted by atomic mass is 10.1. The van der Waals surface area contributed by atoms with Gasteiger partial charge >= 0.3 is 0 Å². The highest BCUT2D eigenvalue weighted by Gasteiger charge is 2.28. The number of nitrogens with two attached hydrogens (primary N) is 1. The lowest BCUT2D eigenvalue weighted by molar-refractivity contribution is 0.586. The molecule has 3 nitrogen and oxygen atoms in total. The number of benzene rings is 1. The highest BCUT2D eigenvalue weighted by atomic mass is 32.2. The molecule has 0 saturated heterocycles. The van der Waals surface area contributed by atoms with E-state index in [-0.39, 0.29) is 0 Å². The molecule has 0 saturated carbocycles. The molecule has 0 aliphatic rings. The van der Waals surface area contributed by atoms with Crippen LogP contribution in [-0.2, 0) is 9.84 Å². The van der Waals surface area contributed by atoms with Gasteiger partial charge in [-0.25, -0.2) is 8.42 Å². The van der Waals surface area contributed by atoms with Crippen LogP contribution in [0.4, 0.5) is 5.69 Å². The van der Waals surface area contributed by atoms with Gasteiger partial charge in [-0.2, -0.15) is 0 Å². The number of sulfone groups is 1. The second kappa shape index (κ2) is 5.81. The molecule has 1 heterocycles. The standard InChI is InChI=1S/C16H21NO2S2/c1-10(2)16-15(17)14(9-20-16)12(4)21(18,19)13-7-5-11(3)6-8-13/h5-10,12H,17H2,1-4H3. The first kappa shape index (κ1) is 16.0. The van der Waals surface area contributed by atoms with Gasteiger partial charge in [-0.15, -0.1) is 11.3 Å². The molecule has 0 radical (unpaired) electrons. The zero-order valence-electron chi connectivity index (χ0n) is 12.8. The van der Waals surface area contributed by atoms with E-state index in [9.17, 15) is 8.42 Å². The Morgan fingerprint density at radius 1 is 1.10 bits per heavy atom. The summed E-state index contributed by atoms with van der Waals surface area (Å²) in [5, 5.41) is 1.24. The molecule has 1 aromatic heterocycles. The van der Waals surface area contributed by atoms with E-state index in [0.29, 0.717) is 22.1 Å². The summed E-state index contributed by atoms with van der Waals surface area (Å²) < 4.78 is 25.4. The minimum absolute atomic E-state index is 0.304. The van der Waals surface area contributed by atoms with Crippen LogP contribution < -0.4 is 5.73 Å². The molecule has 0 spiro atoms.